The van der Waals surface area contributed by atoms with Gasteiger partial charge in [0.25, 0.3) is 0 Å². The predicted octanol–water partition coefficient (Wildman–Crippen LogP) is 1.97. The molecule has 2 heterocycles. The number of nitrogens with one attached hydrogen (secondary N) is 1. The number of ether oxygens (including phenoxy) is 1. The van der Waals surface area contributed by atoms with E-state index in [-0.39, 0.29) is 0 Å². The van der Waals surface area contributed by atoms with E-state index in [1.165, 1.54) is 12.8 Å². The molecule has 17 heavy (non-hydrogen) atoms. The molecule has 90 valence electrons. The third-order valence-corrected chi connectivity index (χ3v) is 3.45. The van der Waals surface area contributed by atoms with E-state index in [0.29, 0.717) is 6.04 Å². The fourth-order valence-electron chi connectivity index (χ4n) is 2.49. The van der Waals surface area contributed by atoms with Gasteiger partial charge in [-0.05, 0) is 31.5 Å². The molecule has 1 atom stereocenters. The highest BCUT2D eigenvalue weighted by atomic mass is 16.5. The van der Waals surface area contributed by atoms with Crippen molar-refractivity contribution in [2.24, 2.45) is 0 Å². The van der Waals surface area contributed by atoms with Crippen molar-refractivity contribution in [1.82, 2.24) is 14.9 Å². The fraction of sp³-hybridized carbons (Fsp3) is 0.462. The Kier molecular flexibility index (Phi) is 2.73. The van der Waals surface area contributed by atoms with E-state index < -0.39 is 0 Å². The maximum absolute atomic E-state index is 5.28. The van der Waals surface area contributed by atoms with Gasteiger partial charge >= 0.3 is 0 Å². The molecule has 0 bridgehead atoms. The van der Waals surface area contributed by atoms with Gasteiger partial charge < -0.3 is 14.6 Å². The molecule has 0 radical (unpaired) electrons. The Bertz CT molecular complexity index is 514. The van der Waals surface area contributed by atoms with E-state index in [9.17, 15) is 0 Å². The molecule has 3 rings (SSSR count). The summed E-state index contributed by atoms with van der Waals surface area (Å²) in [7, 11) is 1.70. The Morgan fingerprint density at radius 1 is 1.47 bits per heavy atom. The highest BCUT2D eigenvalue weighted by Crippen LogP contribution is 2.25. The second-order valence-electron chi connectivity index (χ2n) is 4.51. The van der Waals surface area contributed by atoms with Gasteiger partial charge in [-0.15, -0.1) is 0 Å². The van der Waals surface area contributed by atoms with Crippen molar-refractivity contribution in [2.75, 3.05) is 20.2 Å². The van der Waals surface area contributed by atoms with E-state index >= 15 is 0 Å². The first-order valence-electron chi connectivity index (χ1n) is 6.10. The molecule has 1 aromatic heterocycles. The minimum absolute atomic E-state index is 0.515. The minimum atomic E-state index is 0.515. The molecule has 4 heteroatoms. The van der Waals surface area contributed by atoms with Crippen LogP contribution in [0.15, 0.2) is 24.5 Å². The first-order valence-corrected chi connectivity index (χ1v) is 6.10. The molecule has 1 aromatic carbocycles. The smallest absolute Gasteiger partial charge is 0.121 e. The van der Waals surface area contributed by atoms with Gasteiger partial charge in [-0.2, -0.15) is 0 Å². The maximum atomic E-state index is 5.28. The van der Waals surface area contributed by atoms with Crippen LogP contribution in [0.25, 0.3) is 11.0 Å². The number of fused-ring (bicyclic) bond motifs is 1. The van der Waals surface area contributed by atoms with Crippen LogP contribution < -0.4 is 10.1 Å². The number of piperidine rings is 1. The van der Waals surface area contributed by atoms with Crippen molar-refractivity contribution in [1.29, 1.82) is 0 Å². The zero-order valence-electron chi connectivity index (χ0n) is 10.0. The summed E-state index contributed by atoms with van der Waals surface area (Å²) < 4.78 is 7.55. The Hall–Kier alpha value is -1.55. The van der Waals surface area contributed by atoms with Crippen LogP contribution in [0.5, 0.6) is 5.75 Å². The number of aromatic nitrogens is 2. The molecule has 1 aliphatic rings. The number of hydrogen-bond donors (Lipinski definition) is 1. The SMILES string of the molecule is COc1ccc2ncn([C@@H]3CCCNC3)c2c1. The molecule has 4 nitrogen and oxygen atoms in total. The summed E-state index contributed by atoms with van der Waals surface area (Å²) in [6.07, 6.45) is 4.39. The Labute approximate surface area is 101 Å². The fourth-order valence-corrected chi connectivity index (χ4v) is 2.49. The first kappa shape index (κ1) is 10.6. The maximum Gasteiger partial charge on any atom is 0.121 e. The van der Waals surface area contributed by atoms with Gasteiger partial charge in [0.05, 0.1) is 24.5 Å². The lowest BCUT2D eigenvalue weighted by Gasteiger charge is -2.24. The van der Waals surface area contributed by atoms with Crippen LogP contribution in [-0.4, -0.2) is 29.8 Å². The largest absolute Gasteiger partial charge is 0.497 e. The van der Waals surface area contributed by atoms with Crippen LogP contribution in [0, 0.1) is 0 Å². The molecule has 0 amide bonds. The number of benzene rings is 1. The molecular formula is C13H17N3O. The standard InChI is InChI=1S/C13H17N3O/c1-17-11-4-5-12-13(7-11)16(9-15-12)10-3-2-6-14-8-10/h4-5,7,9-10,14H,2-3,6,8H2,1H3/t10-/m1/s1. The summed E-state index contributed by atoms with van der Waals surface area (Å²) in [6.45, 7) is 2.16. The van der Waals surface area contributed by atoms with E-state index in [1.807, 2.05) is 18.5 Å². The normalized spacial score (nSPS) is 20.6. The topological polar surface area (TPSA) is 39.1 Å². The molecule has 1 N–H and O–H groups in total. The minimum Gasteiger partial charge on any atom is -0.497 e. The molecule has 0 aliphatic carbocycles. The third-order valence-electron chi connectivity index (χ3n) is 3.45. The van der Waals surface area contributed by atoms with Gasteiger partial charge in [0.15, 0.2) is 0 Å². The van der Waals surface area contributed by atoms with E-state index in [0.717, 1.165) is 29.9 Å². The molecule has 0 spiro atoms. The predicted molar refractivity (Wildman–Crippen MR) is 67.4 cm³/mol. The third kappa shape index (κ3) is 1.89. The van der Waals surface area contributed by atoms with Crippen LogP contribution >= 0.6 is 0 Å². The van der Waals surface area contributed by atoms with Crippen LogP contribution in [0.1, 0.15) is 18.9 Å². The number of imidazole rings is 1. The van der Waals surface area contributed by atoms with Crippen LogP contribution in [-0.2, 0) is 0 Å². The Morgan fingerprint density at radius 3 is 3.18 bits per heavy atom. The summed E-state index contributed by atoms with van der Waals surface area (Å²) in [5.74, 6) is 0.892. The second kappa shape index (κ2) is 4.37. The molecule has 1 aliphatic heterocycles. The highest BCUT2D eigenvalue weighted by molar-refractivity contribution is 5.77. The van der Waals surface area contributed by atoms with E-state index in [4.69, 9.17) is 4.74 Å². The van der Waals surface area contributed by atoms with Crippen molar-refractivity contribution >= 4 is 11.0 Å². The summed E-state index contributed by atoms with van der Waals surface area (Å²) >= 11 is 0. The molecule has 0 saturated carbocycles. The van der Waals surface area contributed by atoms with Crippen molar-refractivity contribution in [3.05, 3.63) is 24.5 Å². The zero-order chi connectivity index (χ0) is 11.7. The quantitative estimate of drug-likeness (QED) is 0.859. The van der Waals surface area contributed by atoms with Gasteiger partial charge in [0, 0.05) is 18.7 Å². The van der Waals surface area contributed by atoms with Gasteiger partial charge in [-0.25, -0.2) is 4.98 Å². The van der Waals surface area contributed by atoms with E-state index in [2.05, 4.69) is 20.9 Å². The second-order valence-corrected chi connectivity index (χ2v) is 4.51. The number of methoxy groups -OCH3 is 1. The van der Waals surface area contributed by atoms with Gasteiger partial charge in [0.1, 0.15) is 5.75 Å². The first-order chi connectivity index (χ1) is 8.38. The molecule has 0 unspecified atom stereocenters. The van der Waals surface area contributed by atoms with Crippen molar-refractivity contribution in [3.8, 4) is 5.75 Å². The van der Waals surface area contributed by atoms with Crippen LogP contribution in [0.2, 0.25) is 0 Å². The monoisotopic (exact) mass is 231 g/mol. The van der Waals surface area contributed by atoms with Gasteiger partial charge in [-0.3, -0.25) is 0 Å². The lowest BCUT2D eigenvalue weighted by Crippen LogP contribution is -2.31. The van der Waals surface area contributed by atoms with Crippen LogP contribution in [0.3, 0.4) is 0 Å². The van der Waals surface area contributed by atoms with Crippen molar-refractivity contribution in [3.63, 3.8) is 0 Å². The van der Waals surface area contributed by atoms with E-state index in [1.54, 1.807) is 7.11 Å². The van der Waals surface area contributed by atoms with Crippen LogP contribution in [0.4, 0.5) is 0 Å². The molecule has 1 saturated heterocycles. The highest BCUT2D eigenvalue weighted by Gasteiger charge is 2.17. The number of rotatable bonds is 2. The van der Waals surface area contributed by atoms with Gasteiger partial charge in [-0.1, -0.05) is 0 Å². The summed E-state index contributed by atoms with van der Waals surface area (Å²) in [5, 5.41) is 3.44. The Balaban J connectivity index is 2.02. The molecule has 2 aromatic rings. The van der Waals surface area contributed by atoms with Crippen molar-refractivity contribution in [2.45, 2.75) is 18.9 Å². The molecular weight excluding hydrogens is 214 g/mol. The summed E-state index contributed by atoms with van der Waals surface area (Å²) in [4.78, 5) is 4.45. The lowest BCUT2D eigenvalue weighted by molar-refractivity contribution is 0.377. The number of hydrogen-bond acceptors (Lipinski definition) is 3. The van der Waals surface area contributed by atoms with Gasteiger partial charge in [0.2, 0.25) is 0 Å². The Morgan fingerprint density at radius 2 is 2.41 bits per heavy atom. The molecule has 1 fully saturated rings. The number of nitrogens with zero attached hydrogens (tertiary/aromatic N) is 2. The average molecular weight is 231 g/mol. The summed E-state index contributed by atoms with van der Waals surface area (Å²) in [6, 6.07) is 6.55. The average Bonchev–Trinajstić information content (AvgIpc) is 2.82. The lowest BCUT2D eigenvalue weighted by atomic mass is 10.1. The van der Waals surface area contributed by atoms with Crippen molar-refractivity contribution < 1.29 is 4.74 Å². The summed E-state index contributed by atoms with van der Waals surface area (Å²) in [5.41, 5.74) is 2.20. The zero-order valence-corrected chi connectivity index (χ0v) is 10.0.